The fourth-order valence-electron chi connectivity index (χ4n) is 0.812. The molecule has 5 nitrogen and oxygen atoms in total. The van der Waals surface area contributed by atoms with Crippen LogP contribution in [0.2, 0.25) is 0 Å². The van der Waals surface area contributed by atoms with Crippen molar-refractivity contribution in [1.29, 1.82) is 0 Å². The van der Waals surface area contributed by atoms with Gasteiger partial charge in [-0.25, -0.2) is 4.79 Å². The van der Waals surface area contributed by atoms with Crippen LogP contribution in [-0.4, -0.2) is 31.6 Å². The van der Waals surface area contributed by atoms with Gasteiger partial charge in [-0.15, -0.1) is 0 Å². The topological polar surface area (TPSA) is 81.4 Å². The van der Waals surface area contributed by atoms with E-state index >= 15 is 0 Å². The van der Waals surface area contributed by atoms with Crippen LogP contribution in [0.15, 0.2) is 0 Å². The number of hydrogen-bond acceptors (Lipinski definition) is 4. The highest BCUT2D eigenvalue weighted by Crippen LogP contribution is 1.90. The molecule has 1 atom stereocenters. The Morgan fingerprint density at radius 3 is 2.62 bits per heavy atom. The maximum Gasteiger partial charge on any atom is 0.328 e. The molecule has 0 fully saturated rings. The van der Waals surface area contributed by atoms with E-state index in [-0.39, 0.29) is 5.91 Å². The summed E-state index contributed by atoms with van der Waals surface area (Å²) in [5.41, 5.74) is 5.22. The van der Waals surface area contributed by atoms with Crippen molar-refractivity contribution in [1.82, 2.24) is 5.32 Å². The Labute approximate surface area is 77.6 Å². The lowest BCUT2D eigenvalue weighted by molar-refractivity contribution is -0.144. The van der Waals surface area contributed by atoms with Crippen LogP contribution in [0.25, 0.3) is 0 Å². The van der Waals surface area contributed by atoms with E-state index in [1.807, 2.05) is 0 Å². The molecule has 13 heavy (non-hydrogen) atoms. The van der Waals surface area contributed by atoms with E-state index in [1.54, 1.807) is 6.92 Å². The summed E-state index contributed by atoms with van der Waals surface area (Å²) in [6, 6.07) is -0.588. The van der Waals surface area contributed by atoms with Gasteiger partial charge in [0.1, 0.15) is 6.04 Å². The van der Waals surface area contributed by atoms with Crippen molar-refractivity contribution in [3.63, 3.8) is 0 Å². The Morgan fingerprint density at radius 2 is 2.15 bits per heavy atom. The highest BCUT2D eigenvalue weighted by molar-refractivity contribution is 5.83. The van der Waals surface area contributed by atoms with Crippen molar-refractivity contribution in [2.75, 3.05) is 13.7 Å². The fourth-order valence-corrected chi connectivity index (χ4v) is 0.812. The number of rotatable bonds is 5. The summed E-state index contributed by atoms with van der Waals surface area (Å²) in [6.45, 7) is 2.05. The highest BCUT2D eigenvalue weighted by Gasteiger charge is 2.14. The minimum absolute atomic E-state index is 0.177. The van der Waals surface area contributed by atoms with Crippen molar-refractivity contribution in [2.24, 2.45) is 5.73 Å². The third kappa shape index (κ3) is 5.19. The molecule has 5 heteroatoms. The number of nitrogens with one attached hydrogen (secondary N) is 1. The predicted octanol–water partition coefficient (Wildman–Crippen LogP) is -0.597. The molecule has 0 saturated heterocycles. The average molecular weight is 188 g/mol. The van der Waals surface area contributed by atoms with Gasteiger partial charge in [0, 0.05) is 6.42 Å². The molecule has 0 aromatic rings. The molecule has 0 saturated carbocycles. The summed E-state index contributed by atoms with van der Waals surface area (Å²) < 4.78 is 4.44. The Kier molecular flexibility index (Phi) is 5.88. The van der Waals surface area contributed by atoms with Crippen LogP contribution in [0.1, 0.15) is 19.8 Å². The standard InChI is InChI=1S/C8H16N2O3/c1-6(8(12)13-2)10-7(11)4-3-5-9/h6H,3-5,9H2,1-2H3,(H,10,11). The minimum Gasteiger partial charge on any atom is -0.467 e. The molecule has 3 N–H and O–H groups in total. The second kappa shape index (κ2) is 6.42. The van der Waals surface area contributed by atoms with Gasteiger partial charge in [-0.2, -0.15) is 0 Å². The summed E-state index contributed by atoms with van der Waals surface area (Å²) in [6.07, 6.45) is 0.970. The van der Waals surface area contributed by atoms with Crippen LogP contribution < -0.4 is 11.1 Å². The van der Waals surface area contributed by atoms with Gasteiger partial charge in [-0.1, -0.05) is 0 Å². The molecule has 0 aliphatic heterocycles. The highest BCUT2D eigenvalue weighted by atomic mass is 16.5. The molecule has 0 aliphatic rings. The van der Waals surface area contributed by atoms with Gasteiger partial charge in [-0.05, 0) is 19.9 Å². The first-order valence-corrected chi connectivity index (χ1v) is 4.19. The fraction of sp³-hybridized carbons (Fsp3) is 0.750. The summed E-state index contributed by atoms with van der Waals surface area (Å²) in [5.74, 6) is -0.621. The van der Waals surface area contributed by atoms with Gasteiger partial charge in [0.05, 0.1) is 7.11 Å². The number of hydrogen-bond donors (Lipinski definition) is 2. The first-order chi connectivity index (χ1) is 6.11. The maximum absolute atomic E-state index is 11.1. The van der Waals surface area contributed by atoms with Crippen molar-refractivity contribution >= 4 is 11.9 Å². The number of carbonyl (C=O) groups is 2. The minimum atomic E-state index is -0.588. The number of ether oxygens (including phenoxy) is 1. The van der Waals surface area contributed by atoms with E-state index in [4.69, 9.17) is 5.73 Å². The molecule has 0 heterocycles. The molecule has 0 radical (unpaired) electrons. The van der Waals surface area contributed by atoms with Crippen LogP contribution in [0.3, 0.4) is 0 Å². The second-order valence-electron chi connectivity index (χ2n) is 2.70. The van der Waals surface area contributed by atoms with E-state index in [9.17, 15) is 9.59 Å². The molecular formula is C8H16N2O3. The molecule has 0 rings (SSSR count). The zero-order valence-corrected chi connectivity index (χ0v) is 8.00. The number of methoxy groups -OCH3 is 1. The predicted molar refractivity (Wildman–Crippen MR) is 47.9 cm³/mol. The molecule has 76 valence electrons. The van der Waals surface area contributed by atoms with E-state index in [0.29, 0.717) is 19.4 Å². The van der Waals surface area contributed by atoms with Crippen molar-refractivity contribution in [2.45, 2.75) is 25.8 Å². The molecule has 0 aromatic heterocycles. The zero-order valence-electron chi connectivity index (χ0n) is 8.00. The van der Waals surface area contributed by atoms with Gasteiger partial charge >= 0.3 is 5.97 Å². The van der Waals surface area contributed by atoms with Gasteiger partial charge in [0.25, 0.3) is 0 Å². The quantitative estimate of drug-likeness (QED) is 0.565. The van der Waals surface area contributed by atoms with Crippen LogP contribution in [0, 0.1) is 0 Å². The van der Waals surface area contributed by atoms with Crippen LogP contribution >= 0.6 is 0 Å². The first-order valence-electron chi connectivity index (χ1n) is 4.19. The van der Waals surface area contributed by atoms with E-state index in [2.05, 4.69) is 10.1 Å². The summed E-state index contributed by atoms with van der Waals surface area (Å²) in [7, 11) is 1.28. The van der Waals surface area contributed by atoms with Gasteiger partial charge in [0.2, 0.25) is 5.91 Å². The van der Waals surface area contributed by atoms with Gasteiger partial charge in [0.15, 0.2) is 0 Å². The lowest BCUT2D eigenvalue weighted by Gasteiger charge is -2.10. The Morgan fingerprint density at radius 1 is 1.54 bits per heavy atom. The van der Waals surface area contributed by atoms with Crippen LogP contribution in [0.4, 0.5) is 0 Å². The monoisotopic (exact) mass is 188 g/mol. The van der Waals surface area contributed by atoms with E-state index in [0.717, 1.165) is 0 Å². The number of amides is 1. The maximum atomic E-state index is 11.1. The summed E-state index contributed by atoms with van der Waals surface area (Å²) >= 11 is 0. The summed E-state index contributed by atoms with van der Waals surface area (Å²) in [4.78, 5) is 21.9. The lowest BCUT2D eigenvalue weighted by Crippen LogP contribution is -2.39. The van der Waals surface area contributed by atoms with Gasteiger partial charge in [-0.3, -0.25) is 4.79 Å². The molecule has 0 aromatic carbocycles. The second-order valence-corrected chi connectivity index (χ2v) is 2.70. The molecule has 1 amide bonds. The molecular weight excluding hydrogens is 172 g/mol. The van der Waals surface area contributed by atoms with Crippen LogP contribution in [-0.2, 0) is 14.3 Å². The first kappa shape index (κ1) is 11.9. The van der Waals surface area contributed by atoms with E-state index < -0.39 is 12.0 Å². The molecule has 0 aliphatic carbocycles. The molecule has 0 spiro atoms. The largest absolute Gasteiger partial charge is 0.467 e. The van der Waals surface area contributed by atoms with E-state index in [1.165, 1.54) is 7.11 Å². The SMILES string of the molecule is COC(=O)C(C)NC(=O)CCCN. The van der Waals surface area contributed by atoms with Crippen molar-refractivity contribution in [3.8, 4) is 0 Å². The van der Waals surface area contributed by atoms with Gasteiger partial charge < -0.3 is 15.8 Å². The third-order valence-corrected chi connectivity index (χ3v) is 1.54. The van der Waals surface area contributed by atoms with Crippen molar-refractivity contribution in [3.05, 3.63) is 0 Å². The average Bonchev–Trinajstić information content (AvgIpc) is 2.13. The number of esters is 1. The summed E-state index contributed by atoms with van der Waals surface area (Å²) in [5, 5.41) is 2.50. The Hall–Kier alpha value is -1.10. The Balaban J connectivity index is 3.71. The number of carbonyl (C=O) groups excluding carboxylic acids is 2. The molecule has 1 unspecified atom stereocenters. The number of nitrogens with two attached hydrogens (primary N) is 1. The zero-order chi connectivity index (χ0) is 10.3. The van der Waals surface area contributed by atoms with Crippen molar-refractivity contribution < 1.29 is 14.3 Å². The normalized spacial score (nSPS) is 11.9. The third-order valence-electron chi connectivity index (χ3n) is 1.54. The van der Waals surface area contributed by atoms with Crippen LogP contribution in [0.5, 0.6) is 0 Å². The smallest absolute Gasteiger partial charge is 0.328 e. The Bertz CT molecular complexity index is 182. The molecule has 0 bridgehead atoms. The lowest BCUT2D eigenvalue weighted by atomic mass is 10.2.